The maximum Gasteiger partial charge on any atom is 0.244 e. The van der Waals surface area contributed by atoms with Gasteiger partial charge in [0.05, 0.1) is 17.8 Å². The van der Waals surface area contributed by atoms with Crippen LogP contribution in [0.3, 0.4) is 0 Å². The van der Waals surface area contributed by atoms with Crippen molar-refractivity contribution in [1.29, 1.82) is 0 Å². The van der Waals surface area contributed by atoms with E-state index in [0.29, 0.717) is 5.11 Å². The van der Waals surface area contributed by atoms with Crippen LogP contribution in [-0.4, -0.2) is 37.0 Å². The molecular formula is C28H28N6OS. The zero-order valence-corrected chi connectivity index (χ0v) is 21.1. The highest BCUT2D eigenvalue weighted by Gasteiger charge is 2.42. The molecule has 7 nitrogen and oxygen atoms in total. The third-order valence-corrected chi connectivity index (χ3v) is 6.94. The van der Waals surface area contributed by atoms with Gasteiger partial charge in [-0.3, -0.25) is 14.8 Å². The van der Waals surface area contributed by atoms with E-state index in [-0.39, 0.29) is 24.5 Å². The number of hydrogen-bond donors (Lipinski definition) is 2. The molecule has 1 saturated heterocycles. The van der Waals surface area contributed by atoms with Crippen molar-refractivity contribution in [3.63, 3.8) is 0 Å². The highest BCUT2D eigenvalue weighted by molar-refractivity contribution is 7.80. The number of nitrogens with zero attached hydrogens (tertiary/aromatic N) is 4. The molecule has 4 aromatic rings. The van der Waals surface area contributed by atoms with Gasteiger partial charge in [-0.2, -0.15) is 0 Å². The Bertz CT molecular complexity index is 1360. The molecule has 1 aliphatic rings. The van der Waals surface area contributed by atoms with E-state index in [1.54, 1.807) is 6.20 Å². The van der Waals surface area contributed by atoms with Gasteiger partial charge in [-0.1, -0.05) is 24.3 Å². The summed E-state index contributed by atoms with van der Waals surface area (Å²) >= 11 is 5.76. The highest BCUT2D eigenvalue weighted by Crippen LogP contribution is 2.40. The molecule has 1 fully saturated rings. The van der Waals surface area contributed by atoms with Crippen molar-refractivity contribution in [2.45, 2.75) is 32.5 Å². The number of benzene rings is 1. The molecule has 182 valence electrons. The molecule has 1 aliphatic heterocycles. The minimum absolute atomic E-state index is 0.123. The Hall–Kier alpha value is -4.04. The van der Waals surface area contributed by atoms with E-state index in [9.17, 15) is 4.79 Å². The summed E-state index contributed by atoms with van der Waals surface area (Å²) in [4.78, 5) is 23.8. The largest absolute Gasteiger partial charge is 0.352 e. The third-order valence-electron chi connectivity index (χ3n) is 6.59. The first-order valence-corrected chi connectivity index (χ1v) is 12.3. The average Bonchev–Trinajstić information content (AvgIpc) is 3.36. The van der Waals surface area contributed by atoms with Crippen LogP contribution in [0.2, 0.25) is 0 Å². The van der Waals surface area contributed by atoms with Crippen molar-refractivity contribution in [2.24, 2.45) is 0 Å². The molecule has 5 rings (SSSR count). The van der Waals surface area contributed by atoms with Crippen LogP contribution in [0, 0.1) is 13.8 Å². The molecule has 0 unspecified atom stereocenters. The Balaban J connectivity index is 1.49. The molecule has 2 N–H and O–H groups in total. The normalized spacial score (nSPS) is 17.2. The number of aryl methyl sites for hydroxylation is 1. The Morgan fingerprint density at radius 3 is 2.50 bits per heavy atom. The fraction of sp³-hybridized carbons (Fsp3) is 0.214. The zero-order chi connectivity index (χ0) is 25.1. The third kappa shape index (κ3) is 4.85. The number of thiocarbonyl (C=S) groups is 1. The quantitative estimate of drug-likeness (QED) is 0.366. The topological polar surface area (TPSA) is 75.1 Å². The molecule has 36 heavy (non-hydrogen) atoms. The molecule has 4 heterocycles. The van der Waals surface area contributed by atoms with Crippen LogP contribution in [0.5, 0.6) is 0 Å². The Morgan fingerprint density at radius 1 is 1.03 bits per heavy atom. The first kappa shape index (κ1) is 23.7. The lowest BCUT2D eigenvalue weighted by Gasteiger charge is -2.27. The number of carbonyl (C=O) groups excluding carboxylic acids is 1. The first-order chi connectivity index (χ1) is 17.5. The predicted octanol–water partition coefficient (Wildman–Crippen LogP) is 4.55. The van der Waals surface area contributed by atoms with E-state index in [1.807, 2.05) is 78.0 Å². The number of rotatable bonds is 7. The summed E-state index contributed by atoms with van der Waals surface area (Å²) in [6.07, 6.45) is 5.41. The molecule has 0 radical (unpaired) electrons. The van der Waals surface area contributed by atoms with Crippen LogP contribution in [0.1, 0.15) is 40.3 Å². The molecule has 8 heteroatoms. The summed E-state index contributed by atoms with van der Waals surface area (Å²) < 4.78 is 2.30. The first-order valence-electron chi connectivity index (χ1n) is 11.9. The number of aromatic nitrogens is 3. The SMILES string of the molecule is Cc1cc([C@H]2[C@H](c3ccccn3)NC(=S)N2CC(=O)Nc2ccccc2)c(C)n1Cc1ccncc1. The number of amides is 1. The second-order valence-corrected chi connectivity index (χ2v) is 9.32. The van der Waals surface area contributed by atoms with Crippen molar-refractivity contribution in [3.05, 3.63) is 114 Å². The summed E-state index contributed by atoms with van der Waals surface area (Å²) in [7, 11) is 0. The summed E-state index contributed by atoms with van der Waals surface area (Å²) in [6.45, 7) is 5.11. The standard InChI is InChI=1S/C28H28N6OS/c1-19-16-23(20(2)33(19)17-21-11-14-29-15-12-21)27-26(24-10-6-7-13-30-24)32-28(36)34(27)18-25(35)31-22-8-4-3-5-9-22/h3-16,26-27H,17-18H2,1-2H3,(H,31,35)(H,32,36)/t26-,27-/m0/s1. The molecule has 3 aromatic heterocycles. The lowest BCUT2D eigenvalue weighted by atomic mass is 9.96. The van der Waals surface area contributed by atoms with Gasteiger partial charge in [-0.25, -0.2) is 0 Å². The monoisotopic (exact) mass is 496 g/mol. The number of hydrogen-bond acceptors (Lipinski definition) is 4. The van der Waals surface area contributed by atoms with Crippen LogP contribution < -0.4 is 10.6 Å². The lowest BCUT2D eigenvalue weighted by Crippen LogP contribution is -2.37. The predicted molar refractivity (Wildman–Crippen MR) is 144 cm³/mol. The number of nitrogens with one attached hydrogen (secondary N) is 2. The van der Waals surface area contributed by atoms with Gasteiger partial charge in [0.2, 0.25) is 5.91 Å². The van der Waals surface area contributed by atoms with Gasteiger partial charge >= 0.3 is 0 Å². The van der Waals surface area contributed by atoms with Crippen LogP contribution in [0.4, 0.5) is 5.69 Å². The van der Waals surface area contributed by atoms with Crippen LogP contribution in [-0.2, 0) is 11.3 Å². The molecule has 0 saturated carbocycles. The molecule has 1 aromatic carbocycles. The van der Waals surface area contributed by atoms with Gasteiger partial charge in [-0.15, -0.1) is 0 Å². The summed E-state index contributed by atoms with van der Waals surface area (Å²) in [6, 6.07) is 21.2. The van der Waals surface area contributed by atoms with Gasteiger partial charge in [0.25, 0.3) is 0 Å². The zero-order valence-electron chi connectivity index (χ0n) is 20.3. The van der Waals surface area contributed by atoms with E-state index in [1.165, 1.54) is 5.56 Å². The van der Waals surface area contributed by atoms with Crippen LogP contribution in [0.25, 0.3) is 0 Å². The van der Waals surface area contributed by atoms with Crippen molar-refractivity contribution < 1.29 is 4.79 Å². The molecule has 1 amide bonds. The van der Waals surface area contributed by atoms with Crippen LogP contribution in [0.15, 0.2) is 85.3 Å². The average molecular weight is 497 g/mol. The maximum absolute atomic E-state index is 13.1. The smallest absolute Gasteiger partial charge is 0.244 e. The van der Waals surface area contributed by atoms with Crippen molar-refractivity contribution in [1.82, 2.24) is 24.8 Å². The lowest BCUT2D eigenvalue weighted by molar-refractivity contribution is -0.116. The number of carbonyl (C=O) groups is 1. The Kier molecular flexibility index (Phi) is 6.77. The summed E-state index contributed by atoms with van der Waals surface area (Å²) in [5, 5.41) is 6.97. The van der Waals surface area contributed by atoms with Gasteiger partial charge < -0.3 is 20.1 Å². The summed E-state index contributed by atoms with van der Waals surface area (Å²) in [5.74, 6) is -0.123. The minimum Gasteiger partial charge on any atom is -0.352 e. The van der Waals surface area contributed by atoms with E-state index in [2.05, 4.69) is 45.1 Å². The molecule has 0 spiro atoms. The molecule has 0 aliphatic carbocycles. The van der Waals surface area contributed by atoms with Gasteiger partial charge in [0.1, 0.15) is 6.54 Å². The number of anilines is 1. The number of para-hydroxylation sites is 1. The molecular weight excluding hydrogens is 468 g/mol. The van der Waals surface area contributed by atoms with E-state index < -0.39 is 0 Å². The Labute approximate surface area is 216 Å². The second-order valence-electron chi connectivity index (χ2n) is 8.94. The van der Waals surface area contributed by atoms with Crippen molar-refractivity contribution >= 4 is 28.9 Å². The van der Waals surface area contributed by atoms with E-state index in [4.69, 9.17) is 12.2 Å². The van der Waals surface area contributed by atoms with Gasteiger partial charge in [-0.05, 0) is 79.7 Å². The van der Waals surface area contributed by atoms with Crippen LogP contribution >= 0.6 is 12.2 Å². The highest BCUT2D eigenvalue weighted by atomic mass is 32.1. The second kappa shape index (κ2) is 10.3. The maximum atomic E-state index is 13.1. The molecule has 2 atom stereocenters. The fourth-order valence-electron chi connectivity index (χ4n) is 4.83. The van der Waals surface area contributed by atoms with E-state index in [0.717, 1.165) is 34.9 Å². The molecule has 0 bridgehead atoms. The fourth-order valence-corrected chi connectivity index (χ4v) is 5.14. The Morgan fingerprint density at radius 2 is 1.78 bits per heavy atom. The van der Waals surface area contributed by atoms with Gasteiger partial charge in [0.15, 0.2) is 5.11 Å². The van der Waals surface area contributed by atoms with Crippen molar-refractivity contribution in [2.75, 3.05) is 11.9 Å². The van der Waals surface area contributed by atoms with Gasteiger partial charge in [0, 0.05) is 42.2 Å². The van der Waals surface area contributed by atoms with Crippen molar-refractivity contribution in [3.8, 4) is 0 Å². The summed E-state index contributed by atoms with van der Waals surface area (Å²) in [5.41, 5.74) is 6.22. The van der Waals surface area contributed by atoms with E-state index >= 15 is 0 Å². The minimum atomic E-state index is -0.189. The number of pyridine rings is 2.